The summed E-state index contributed by atoms with van der Waals surface area (Å²) in [5, 5.41) is 3.17. The van der Waals surface area contributed by atoms with Crippen LogP contribution in [0.2, 0.25) is 0 Å². The first-order valence-electron chi connectivity index (χ1n) is 9.23. The molecule has 0 aliphatic carbocycles. The molecule has 0 bridgehead atoms. The summed E-state index contributed by atoms with van der Waals surface area (Å²) in [5.41, 5.74) is -0.0483. The minimum Gasteiger partial charge on any atom is -0.320 e. The monoisotopic (exact) mass is 381 g/mol. The molecular formula is C20H26F3N3O. The van der Waals surface area contributed by atoms with E-state index < -0.39 is 11.7 Å². The molecule has 2 aromatic rings. The van der Waals surface area contributed by atoms with Crippen LogP contribution in [0.5, 0.6) is 0 Å². The van der Waals surface area contributed by atoms with Crippen molar-refractivity contribution in [2.75, 3.05) is 13.1 Å². The molecule has 1 fully saturated rings. The number of Topliss-reactive ketones (excluding diaryl/α,β-unsaturated/α-hetero) is 1. The Hall–Kier alpha value is -1.89. The largest absolute Gasteiger partial charge is 0.418 e. The second-order valence-electron chi connectivity index (χ2n) is 8.80. The highest BCUT2D eigenvalue weighted by atomic mass is 19.4. The van der Waals surface area contributed by atoms with E-state index >= 15 is 0 Å². The van der Waals surface area contributed by atoms with Gasteiger partial charge in [0.15, 0.2) is 5.78 Å². The van der Waals surface area contributed by atoms with Crippen molar-refractivity contribution in [3.8, 4) is 0 Å². The van der Waals surface area contributed by atoms with Crippen LogP contribution in [-0.2, 0) is 23.9 Å². The number of alkyl halides is 3. The summed E-state index contributed by atoms with van der Waals surface area (Å²) >= 11 is 0. The third-order valence-corrected chi connectivity index (χ3v) is 4.78. The Balaban J connectivity index is 2.08. The number of aromatic nitrogens is 2. The minimum absolute atomic E-state index is 0.00449. The first-order valence-corrected chi connectivity index (χ1v) is 9.23. The van der Waals surface area contributed by atoms with Gasteiger partial charge in [0.25, 0.3) is 0 Å². The molecule has 0 atom stereocenters. The highest BCUT2D eigenvalue weighted by molar-refractivity contribution is 5.85. The number of carbonyl (C=O) groups excluding carboxylic acids is 1. The summed E-state index contributed by atoms with van der Waals surface area (Å²) in [6.45, 7) is 9.27. The molecule has 4 nitrogen and oxygen atoms in total. The molecular weight excluding hydrogens is 355 g/mol. The molecule has 27 heavy (non-hydrogen) atoms. The third kappa shape index (κ3) is 4.51. The van der Waals surface area contributed by atoms with E-state index in [2.05, 4.69) is 10.3 Å². The van der Waals surface area contributed by atoms with Gasteiger partial charge in [0, 0.05) is 12.8 Å². The lowest BCUT2D eigenvalue weighted by Gasteiger charge is -2.27. The highest BCUT2D eigenvalue weighted by Gasteiger charge is 2.35. The SMILES string of the molecule is Cc1cc(C(F)(F)F)c2nc(CC3CNC3)n(CC(=O)CC(C)(C)C)c2c1. The second kappa shape index (κ2) is 6.93. The Kier molecular flexibility index (Phi) is 5.10. The number of halogens is 3. The first-order chi connectivity index (χ1) is 12.4. The van der Waals surface area contributed by atoms with E-state index in [-0.39, 0.29) is 23.3 Å². The Labute approximate surface area is 157 Å². The normalized spacial score (nSPS) is 16.0. The summed E-state index contributed by atoms with van der Waals surface area (Å²) < 4.78 is 42.3. The van der Waals surface area contributed by atoms with Crippen LogP contribution in [0.3, 0.4) is 0 Å². The van der Waals surface area contributed by atoms with Gasteiger partial charge in [0.2, 0.25) is 0 Å². The lowest BCUT2D eigenvalue weighted by atomic mass is 9.90. The molecule has 0 amide bonds. The molecule has 1 aromatic carbocycles. The fraction of sp³-hybridized carbons (Fsp3) is 0.600. The molecule has 1 aromatic heterocycles. The van der Waals surface area contributed by atoms with Crippen LogP contribution in [0.15, 0.2) is 12.1 Å². The molecule has 1 aliphatic heterocycles. The van der Waals surface area contributed by atoms with Crippen LogP contribution in [0, 0.1) is 18.3 Å². The van der Waals surface area contributed by atoms with Gasteiger partial charge in [-0.05, 0) is 49.0 Å². The van der Waals surface area contributed by atoms with Gasteiger partial charge in [0.1, 0.15) is 11.3 Å². The Morgan fingerprint density at radius 1 is 1.26 bits per heavy atom. The molecule has 1 N–H and O–H groups in total. The lowest BCUT2D eigenvalue weighted by molar-refractivity contribution is -0.136. The van der Waals surface area contributed by atoms with Crippen molar-refractivity contribution in [3.05, 3.63) is 29.1 Å². The van der Waals surface area contributed by atoms with E-state index in [0.717, 1.165) is 19.2 Å². The van der Waals surface area contributed by atoms with Gasteiger partial charge in [0.05, 0.1) is 17.6 Å². The van der Waals surface area contributed by atoms with Crippen LogP contribution in [-0.4, -0.2) is 28.4 Å². The van der Waals surface area contributed by atoms with Crippen LogP contribution in [0.25, 0.3) is 11.0 Å². The van der Waals surface area contributed by atoms with Gasteiger partial charge >= 0.3 is 6.18 Å². The molecule has 0 spiro atoms. The maximum Gasteiger partial charge on any atom is 0.418 e. The second-order valence-corrected chi connectivity index (χ2v) is 8.80. The van der Waals surface area contributed by atoms with Gasteiger partial charge in [-0.1, -0.05) is 20.8 Å². The van der Waals surface area contributed by atoms with E-state index in [1.807, 2.05) is 20.8 Å². The number of nitrogens with zero attached hydrogens (tertiary/aromatic N) is 2. The van der Waals surface area contributed by atoms with E-state index in [9.17, 15) is 18.0 Å². The number of benzene rings is 1. The number of hydrogen-bond donors (Lipinski definition) is 1. The zero-order chi connectivity index (χ0) is 20.0. The van der Waals surface area contributed by atoms with Gasteiger partial charge in [-0.3, -0.25) is 4.79 Å². The molecule has 0 unspecified atom stereocenters. The van der Waals surface area contributed by atoms with Crippen molar-refractivity contribution in [3.63, 3.8) is 0 Å². The van der Waals surface area contributed by atoms with Gasteiger partial charge < -0.3 is 9.88 Å². The van der Waals surface area contributed by atoms with Crippen LogP contribution in [0.4, 0.5) is 13.2 Å². The van der Waals surface area contributed by atoms with E-state index in [1.165, 1.54) is 0 Å². The number of hydrogen-bond acceptors (Lipinski definition) is 3. The fourth-order valence-electron chi connectivity index (χ4n) is 3.53. The van der Waals surface area contributed by atoms with Crippen LogP contribution < -0.4 is 5.32 Å². The maximum absolute atomic E-state index is 13.5. The molecule has 1 saturated heterocycles. The predicted molar refractivity (Wildman–Crippen MR) is 98.6 cm³/mol. The molecule has 0 saturated carbocycles. The fourth-order valence-corrected chi connectivity index (χ4v) is 3.53. The standard InChI is InChI=1S/C20H26F3N3O/c1-12-5-15(20(21,22)23)18-16(6-12)26(11-14(27)8-19(2,3)4)17(25-18)7-13-9-24-10-13/h5-6,13,24H,7-11H2,1-4H3. The number of nitrogens with one attached hydrogen (secondary N) is 1. The van der Waals surface area contributed by atoms with E-state index in [1.54, 1.807) is 17.6 Å². The van der Waals surface area contributed by atoms with Gasteiger partial charge in [-0.25, -0.2) is 4.98 Å². The number of fused-ring (bicyclic) bond motifs is 1. The molecule has 148 valence electrons. The van der Waals surface area contributed by atoms with Crippen LogP contribution in [0.1, 0.15) is 44.1 Å². The zero-order valence-electron chi connectivity index (χ0n) is 16.2. The summed E-state index contributed by atoms with van der Waals surface area (Å²) in [5.74, 6) is 0.911. The van der Waals surface area contributed by atoms with Crippen molar-refractivity contribution < 1.29 is 18.0 Å². The van der Waals surface area contributed by atoms with E-state index in [4.69, 9.17) is 0 Å². The van der Waals surface area contributed by atoms with Crippen molar-refractivity contribution >= 4 is 16.8 Å². The lowest BCUT2D eigenvalue weighted by Crippen LogP contribution is -2.43. The van der Waals surface area contributed by atoms with Crippen molar-refractivity contribution in [2.24, 2.45) is 11.3 Å². The molecule has 2 heterocycles. The Morgan fingerprint density at radius 3 is 2.44 bits per heavy atom. The predicted octanol–water partition coefficient (Wildman–Crippen LogP) is 4.13. The van der Waals surface area contributed by atoms with Crippen LogP contribution >= 0.6 is 0 Å². The third-order valence-electron chi connectivity index (χ3n) is 4.78. The Morgan fingerprint density at radius 2 is 1.93 bits per heavy atom. The smallest absolute Gasteiger partial charge is 0.320 e. The quantitative estimate of drug-likeness (QED) is 0.847. The molecule has 0 radical (unpaired) electrons. The molecule has 3 rings (SSSR count). The average Bonchev–Trinajstić information content (AvgIpc) is 2.77. The summed E-state index contributed by atoms with van der Waals surface area (Å²) in [4.78, 5) is 16.9. The summed E-state index contributed by atoms with van der Waals surface area (Å²) in [6, 6.07) is 2.83. The highest BCUT2D eigenvalue weighted by Crippen LogP contribution is 2.36. The van der Waals surface area contributed by atoms with Gasteiger partial charge in [-0.2, -0.15) is 13.2 Å². The number of ketones is 1. The topological polar surface area (TPSA) is 46.9 Å². The molecule has 7 heteroatoms. The minimum atomic E-state index is -4.48. The summed E-state index contributed by atoms with van der Waals surface area (Å²) in [7, 11) is 0. The van der Waals surface area contributed by atoms with Crippen molar-refractivity contribution in [1.29, 1.82) is 0 Å². The number of rotatable bonds is 5. The first kappa shape index (κ1) is 19.9. The zero-order valence-corrected chi connectivity index (χ0v) is 16.2. The number of aryl methyl sites for hydroxylation is 1. The van der Waals surface area contributed by atoms with Gasteiger partial charge in [-0.15, -0.1) is 0 Å². The average molecular weight is 381 g/mol. The molecule has 1 aliphatic rings. The number of imidazole rings is 1. The summed E-state index contributed by atoms with van der Waals surface area (Å²) in [6.07, 6.45) is -3.54. The Bertz CT molecular complexity index is 858. The maximum atomic E-state index is 13.5. The van der Waals surface area contributed by atoms with Crippen molar-refractivity contribution in [2.45, 2.75) is 53.3 Å². The number of carbonyl (C=O) groups is 1. The van der Waals surface area contributed by atoms with E-state index in [0.29, 0.717) is 35.7 Å². The van der Waals surface area contributed by atoms with Crippen molar-refractivity contribution in [1.82, 2.24) is 14.9 Å².